The SMILES string of the molecule is CC(C)Oc1cccc(NC2CCCOC2)c1N. The lowest BCUT2D eigenvalue weighted by molar-refractivity contribution is 0.0876. The molecule has 1 unspecified atom stereocenters. The molecule has 1 fully saturated rings. The van der Waals surface area contributed by atoms with Crippen LogP contribution in [-0.4, -0.2) is 25.4 Å². The molecule has 1 aliphatic rings. The highest BCUT2D eigenvalue weighted by Crippen LogP contribution is 2.31. The van der Waals surface area contributed by atoms with E-state index in [1.54, 1.807) is 0 Å². The van der Waals surface area contributed by atoms with E-state index in [4.69, 9.17) is 15.2 Å². The molecular formula is C14H22N2O2. The Morgan fingerprint density at radius 3 is 2.94 bits per heavy atom. The van der Waals surface area contributed by atoms with Gasteiger partial charge in [-0.2, -0.15) is 0 Å². The Morgan fingerprint density at radius 1 is 1.44 bits per heavy atom. The molecule has 1 atom stereocenters. The van der Waals surface area contributed by atoms with Gasteiger partial charge in [-0.05, 0) is 38.8 Å². The molecule has 4 heteroatoms. The van der Waals surface area contributed by atoms with Gasteiger partial charge in [-0.15, -0.1) is 0 Å². The first kappa shape index (κ1) is 13.0. The molecule has 18 heavy (non-hydrogen) atoms. The first-order valence-electron chi connectivity index (χ1n) is 6.56. The average Bonchev–Trinajstić information content (AvgIpc) is 2.35. The second-order valence-electron chi connectivity index (χ2n) is 4.94. The van der Waals surface area contributed by atoms with Crippen molar-refractivity contribution in [2.75, 3.05) is 24.3 Å². The number of hydrogen-bond donors (Lipinski definition) is 2. The van der Waals surface area contributed by atoms with Crippen LogP contribution in [0.25, 0.3) is 0 Å². The number of benzene rings is 1. The van der Waals surface area contributed by atoms with Crippen molar-refractivity contribution in [3.63, 3.8) is 0 Å². The lowest BCUT2D eigenvalue weighted by atomic mass is 10.1. The van der Waals surface area contributed by atoms with Gasteiger partial charge in [0.2, 0.25) is 0 Å². The van der Waals surface area contributed by atoms with Crippen LogP contribution in [0.5, 0.6) is 5.75 Å². The van der Waals surface area contributed by atoms with Gasteiger partial charge in [0.25, 0.3) is 0 Å². The third kappa shape index (κ3) is 3.29. The third-order valence-electron chi connectivity index (χ3n) is 2.95. The molecule has 0 aliphatic carbocycles. The van der Waals surface area contributed by atoms with Gasteiger partial charge in [0.15, 0.2) is 0 Å². The molecule has 1 aromatic carbocycles. The smallest absolute Gasteiger partial charge is 0.144 e. The lowest BCUT2D eigenvalue weighted by Gasteiger charge is -2.25. The van der Waals surface area contributed by atoms with Gasteiger partial charge in [-0.3, -0.25) is 0 Å². The molecule has 3 N–H and O–H groups in total. The number of nitrogens with two attached hydrogens (primary N) is 1. The third-order valence-corrected chi connectivity index (χ3v) is 2.95. The molecule has 0 bridgehead atoms. The largest absolute Gasteiger partial charge is 0.489 e. The zero-order chi connectivity index (χ0) is 13.0. The number of nitrogens with one attached hydrogen (secondary N) is 1. The summed E-state index contributed by atoms with van der Waals surface area (Å²) in [6.07, 6.45) is 2.34. The average molecular weight is 250 g/mol. The van der Waals surface area contributed by atoms with Crippen LogP contribution in [0.1, 0.15) is 26.7 Å². The minimum atomic E-state index is 0.126. The molecule has 1 aromatic rings. The summed E-state index contributed by atoms with van der Waals surface area (Å²) in [5, 5.41) is 3.43. The molecule has 0 amide bonds. The van der Waals surface area contributed by atoms with Crippen LogP contribution in [0, 0.1) is 0 Å². The van der Waals surface area contributed by atoms with Crippen molar-refractivity contribution in [2.45, 2.75) is 38.8 Å². The number of rotatable bonds is 4. The highest BCUT2D eigenvalue weighted by atomic mass is 16.5. The Balaban J connectivity index is 2.07. The van der Waals surface area contributed by atoms with Crippen LogP contribution in [0.15, 0.2) is 18.2 Å². The highest BCUT2D eigenvalue weighted by Gasteiger charge is 2.15. The lowest BCUT2D eigenvalue weighted by Crippen LogP contribution is -2.30. The summed E-state index contributed by atoms with van der Waals surface area (Å²) in [5.41, 5.74) is 7.73. The van der Waals surface area contributed by atoms with Crippen LogP contribution in [0.4, 0.5) is 11.4 Å². The molecule has 1 saturated heterocycles. The molecule has 0 radical (unpaired) electrons. The van der Waals surface area contributed by atoms with E-state index in [0.29, 0.717) is 11.7 Å². The van der Waals surface area contributed by atoms with Gasteiger partial charge in [0, 0.05) is 12.6 Å². The topological polar surface area (TPSA) is 56.5 Å². The molecule has 100 valence electrons. The maximum Gasteiger partial charge on any atom is 0.144 e. The fourth-order valence-electron chi connectivity index (χ4n) is 2.10. The fraction of sp³-hybridized carbons (Fsp3) is 0.571. The maximum atomic E-state index is 6.12. The molecule has 4 nitrogen and oxygen atoms in total. The zero-order valence-electron chi connectivity index (χ0n) is 11.1. The summed E-state index contributed by atoms with van der Waals surface area (Å²) in [4.78, 5) is 0. The predicted octanol–water partition coefficient (Wildman–Crippen LogP) is 2.65. The Hall–Kier alpha value is -1.42. The first-order chi connectivity index (χ1) is 8.66. The number of ether oxygens (including phenoxy) is 2. The normalized spacial score (nSPS) is 19.8. The van der Waals surface area contributed by atoms with Gasteiger partial charge in [-0.1, -0.05) is 6.07 Å². The summed E-state index contributed by atoms with van der Waals surface area (Å²) >= 11 is 0. The quantitative estimate of drug-likeness (QED) is 0.807. The second-order valence-corrected chi connectivity index (χ2v) is 4.94. The molecule has 2 rings (SSSR count). The Labute approximate surface area is 108 Å². The van der Waals surface area contributed by atoms with Crippen molar-refractivity contribution >= 4 is 11.4 Å². The summed E-state index contributed by atoms with van der Waals surface area (Å²) in [6.45, 7) is 5.60. The molecule has 1 heterocycles. The van der Waals surface area contributed by atoms with Crippen LogP contribution >= 0.6 is 0 Å². The van der Waals surface area contributed by atoms with Gasteiger partial charge >= 0.3 is 0 Å². The van der Waals surface area contributed by atoms with Crippen LogP contribution in [0.2, 0.25) is 0 Å². The minimum Gasteiger partial charge on any atom is -0.489 e. The van der Waals surface area contributed by atoms with E-state index in [-0.39, 0.29) is 6.10 Å². The number of anilines is 2. The Kier molecular flexibility index (Phi) is 4.31. The van der Waals surface area contributed by atoms with Crippen molar-refractivity contribution in [3.8, 4) is 5.75 Å². The Morgan fingerprint density at radius 2 is 2.28 bits per heavy atom. The molecule has 0 saturated carbocycles. The van der Waals surface area contributed by atoms with Crippen LogP contribution < -0.4 is 15.8 Å². The van der Waals surface area contributed by atoms with E-state index in [1.165, 1.54) is 0 Å². The predicted molar refractivity (Wildman–Crippen MR) is 74.1 cm³/mol. The van der Waals surface area contributed by atoms with Gasteiger partial charge in [0.05, 0.1) is 24.1 Å². The molecule has 1 aliphatic heterocycles. The summed E-state index contributed by atoms with van der Waals surface area (Å²) < 4.78 is 11.1. The van der Waals surface area contributed by atoms with Gasteiger partial charge in [0.1, 0.15) is 5.75 Å². The standard InChI is InChI=1S/C14H22N2O2/c1-10(2)18-13-7-3-6-12(14(13)15)16-11-5-4-8-17-9-11/h3,6-7,10-11,16H,4-5,8-9,15H2,1-2H3. The first-order valence-corrected chi connectivity index (χ1v) is 6.56. The van der Waals surface area contributed by atoms with E-state index < -0.39 is 0 Å². The monoisotopic (exact) mass is 250 g/mol. The van der Waals surface area contributed by atoms with Crippen molar-refractivity contribution < 1.29 is 9.47 Å². The molecular weight excluding hydrogens is 228 g/mol. The highest BCUT2D eigenvalue weighted by molar-refractivity contribution is 5.73. The van der Waals surface area contributed by atoms with E-state index >= 15 is 0 Å². The number of nitrogen functional groups attached to an aromatic ring is 1. The van der Waals surface area contributed by atoms with Crippen LogP contribution in [0.3, 0.4) is 0 Å². The van der Waals surface area contributed by atoms with Gasteiger partial charge in [-0.25, -0.2) is 0 Å². The van der Waals surface area contributed by atoms with E-state index in [1.807, 2.05) is 32.0 Å². The van der Waals surface area contributed by atoms with E-state index in [2.05, 4.69) is 5.32 Å². The van der Waals surface area contributed by atoms with Crippen molar-refractivity contribution in [1.29, 1.82) is 0 Å². The second kappa shape index (κ2) is 5.96. The number of para-hydroxylation sites is 1. The molecule has 0 aromatic heterocycles. The van der Waals surface area contributed by atoms with Crippen LogP contribution in [-0.2, 0) is 4.74 Å². The zero-order valence-corrected chi connectivity index (χ0v) is 11.1. The van der Waals surface area contributed by atoms with Crippen molar-refractivity contribution in [3.05, 3.63) is 18.2 Å². The summed E-state index contributed by atoms with van der Waals surface area (Å²) in [5.74, 6) is 0.742. The molecule has 0 spiro atoms. The van der Waals surface area contributed by atoms with Crippen molar-refractivity contribution in [1.82, 2.24) is 0 Å². The Bertz CT molecular complexity index is 387. The van der Waals surface area contributed by atoms with Crippen molar-refractivity contribution in [2.24, 2.45) is 0 Å². The fourth-order valence-corrected chi connectivity index (χ4v) is 2.10. The maximum absolute atomic E-state index is 6.12. The number of hydrogen-bond acceptors (Lipinski definition) is 4. The van der Waals surface area contributed by atoms with Gasteiger partial charge < -0.3 is 20.5 Å². The van der Waals surface area contributed by atoms with E-state index in [0.717, 1.165) is 37.5 Å². The minimum absolute atomic E-state index is 0.126. The summed E-state index contributed by atoms with van der Waals surface area (Å²) in [7, 11) is 0. The summed E-state index contributed by atoms with van der Waals surface area (Å²) in [6, 6.07) is 6.19. The van der Waals surface area contributed by atoms with E-state index in [9.17, 15) is 0 Å².